The molecular formula is C15H16F2O4. The van der Waals surface area contributed by atoms with Crippen LogP contribution in [0.15, 0.2) is 24.3 Å². The van der Waals surface area contributed by atoms with Gasteiger partial charge in [-0.3, -0.25) is 9.59 Å². The molecule has 0 heterocycles. The van der Waals surface area contributed by atoms with Crippen LogP contribution in [0, 0.1) is 0 Å². The Labute approximate surface area is 120 Å². The maximum atomic E-state index is 13.2. The second kappa shape index (κ2) is 5.42. The first kappa shape index (κ1) is 15.4. The van der Waals surface area contributed by atoms with Gasteiger partial charge < -0.3 is 9.84 Å². The highest BCUT2D eigenvalue weighted by atomic mass is 19.3. The summed E-state index contributed by atoms with van der Waals surface area (Å²) in [5.74, 6) is -4.54. The number of hydrogen-bond acceptors (Lipinski definition) is 3. The molecule has 114 valence electrons. The van der Waals surface area contributed by atoms with Crippen molar-refractivity contribution in [3.05, 3.63) is 35.4 Å². The van der Waals surface area contributed by atoms with Crippen molar-refractivity contribution in [2.75, 3.05) is 7.11 Å². The molecule has 0 atom stereocenters. The van der Waals surface area contributed by atoms with Gasteiger partial charge in [0.25, 0.3) is 5.92 Å². The zero-order valence-electron chi connectivity index (χ0n) is 11.6. The van der Waals surface area contributed by atoms with Crippen LogP contribution in [0.2, 0.25) is 0 Å². The molecule has 0 saturated heterocycles. The highest BCUT2D eigenvalue weighted by molar-refractivity contribution is 5.83. The van der Waals surface area contributed by atoms with Crippen molar-refractivity contribution >= 4 is 11.9 Å². The first-order chi connectivity index (χ1) is 9.79. The first-order valence-corrected chi connectivity index (χ1v) is 6.56. The molecule has 0 bridgehead atoms. The minimum absolute atomic E-state index is 0.163. The fourth-order valence-corrected chi connectivity index (χ4v) is 2.68. The van der Waals surface area contributed by atoms with Gasteiger partial charge in [-0.1, -0.05) is 24.3 Å². The molecule has 21 heavy (non-hydrogen) atoms. The lowest BCUT2D eigenvalue weighted by atomic mass is 9.62. The fraction of sp³-hybridized carbons (Fsp3) is 0.467. The van der Waals surface area contributed by atoms with E-state index in [2.05, 4.69) is 4.74 Å². The van der Waals surface area contributed by atoms with Gasteiger partial charge in [0.2, 0.25) is 0 Å². The molecule has 0 radical (unpaired) electrons. The highest BCUT2D eigenvalue weighted by Gasteiger charge is 2.62. The van der Waals surface area contributed by atoms with E-state index in [1.54, 1.807) is 24.3 Å². The van der Waals surface area contributed by atoms with Crippen LogP contribution in [0.1, 0.15) is 30.4 Å². The number of esters is 1. The van der Waals surface area contributed by atoms with Crippen LogP contribution in [-0.2, 0) is 26.2 Å². The quantitative estimate of drug-likeness (QED) is 0.849. The smallest absolute Gasteiger partial charge is 0.314 e. The molecular weight excluding hydrogens is 282 g/mol. The van der Waals surface area contributed by atoms with Gasteiger partial charge in [0.15, 0.2) is 0 Å². The van der Waals surface area contributed by atoms with E-state index in [0.29, 0.717) is 12.0 Å². The molecule has 6 heteroatoms. The molecule has 1 aromatic rings. The predicted molar refractivity (Wildman–Crippen MR) is 70.3 cm³/mol. The molecule has 0 aromatic heterocycles. The van der Waals surface area contributed by atoms with Crippen molar-refractivity contribution in [2.45, 2.75) is 37.0 Å². The summed E-state index contributed by atoms with van der Waals surface area (Å²) in [4.78, 5) is 22.5. The average molecular weight is 298 g/mol. The maximum Gasteiger partial charge on any atom is 0.314 e. The van der Waals surface area contributed by atoms with Gasteiger partial charge in [-0.15, -0.1) is 0 Å². The van der Waals surface area contributed by atoms with E-state index in [9.17, 15) is 23.5 Å². The molecule has 1 saturated carbocycles. The van der Waals surface area contributed by atoms with E-state index in [4.69, 9.17) is 0 Å². The van der Waals surface area contributed by atoms with Gasteiger partial charge in [-0.25, -0.2) is 8.78 Å². The lowest BCUT2D eigenvalue weighted by molar-refractivity contribution is -0.174. The Balaban J connectivity index is 2.20. The summed E-state index contributed by atoms with van der Waals surface area (Å²) >= 11 is 0. The van der Waals surface area contributed by atoms with Crippen LogP contribution in [0.4, 0.5) is 8.78 Å². The van der Waals surface area contributed by atoms with Crippen molar-refractivity contribution < 1.29 is 28.2 Å². The van der Waals surface area contributed by atoms with Gasteiger partial charge >= 0.3 is 11.9 Å². The maximum absolute atomic E-state index is 13.2. The molecule has 0 spiro atoms. The van der Waals surface area contributed by atoms with E-state index in [0.717, 1.165) is 5.56 Å². The molecule has 1 aliphatic rings. The lowest BCUT2D eigenvalue weighted by Crippen LogP contribution is -2.54. The van der Waals surface area contributed by atoms with E-state index >= 15 is 0 Å². The van der Waals surface area contributed by atoms with Gasteiger partial charge in [0, 0.05) is 19.3 Å². The standard InChI is InChI=1S/C15H16F2O4/c1-21-12(18)6-5-10-3-2-4-11(7-10)14(13(19)20)8-15(16,17)9-14/h2-4,7H,5-6,8-9H2,1H3,(H,19,20). The summed E-state index contributed by atoms with van der Waals surface area (Å²) in [7, 11) is 1.29. The normalized spacial score (nSPS) is 18.6. The third-order valence-corrected chi connectivity index (χ3v) is 3.86. The number of carbonyl (C=O) groups excluding carboxylic acids is 1. The summed E-state index contributed by atoms with van der Waals surface area (Å²) < 4.78 is 30.8. The Bertz CT molecular complexity index is 561. The van der Waals surface area contributed by atoms with Crippen LogP contribution >= 0.6 is 0 Å². The molecule has 2 rings (SSSR count). The Morgan fingerprint density at radius 2 is 2.00 bits per heavy atom. The van der Waals surface area contributed by atoms with Crippen molar-refractivity contribution in [3.63, 3.8) is 0 Å². The third-order valence-electron chi connectivity index (χ3n) is 3.86. The average Bonchev–Trinajstić information content (AvgIpc) is 2.41. The number of carboxylic acids is 1. The molecule has 0 aliphatic heterocycles. The lowest BCUT2D eigenvalue weighted by Gasteiger charge is -2.44. The third kappa shape index (κ3) is 3.04. The second-order valence-corrected chi connectivity index (χ2v) is 5.37. The van der Waals surface area contributed by atoms with Crippen LogP contribution < -0.4 is 0 Å². The number of carboxylic acid groups (broad SMARTS) is 1. The van der Waals surface area contributed by atoms with E-state index in [-0.39, 0.29) is 12.4 Å². The first-order valence-electron chi connectivity index (χ1n) is 6.56. The van der Waals surface area contributed by atoms with Crippen molar-refractivity contribution in [1.29, 1.82) is 0 Å². The largest absolute Gasteiger partial charge is 0.481 e. The van der Waals surface area contributed by atoms with Crippen molar-refractivity contribution in [2.24, 2.45) is 0 Å². The van der Waals surface area contributed by atoms with Gasteiger partial charge in [-0.05, 0) is 17.5 Å². The number of alkyl halides is 2. The topological polar surface area (TPSA) is 63.6 Å². The predicted octanol–water partition coefficient (Wildman–Crippen LogP) is 2.54. The van der Waals surface area contributed by atoms with E-state index in [1.165, 1.54) is 7.11 Å². The number of aryl methyl sites for hydroxylation is 1. The Kier molecular flexibility index (Phi) is 3.98. The van der Waals surface area contributed by atoms with Gasteiger partial charge in [0.05, 0.1) is 7.11 Å². The van der Waals surface area contributed by atoms with Crippen molar-refractivity contribution in [1.82, 2.24) is 0 Å². The summed E-state index contributed by atoms with van der Waals surface area (Å²) in [6.07, 6.45) is -0.825. The van der Waals surface area contributed by atoms with Crippen LogP contribution in [0.5, 0.6) is 0 Å². The molecule has 1 aromatic carbocycles. The van der Waals surface area contributed by atoms with Gasteiger partial charge in [-0.2, -0.15) is 0 Å². The van der Waals surface area contributed by atoms with Crippen LogP contribution in [0.3, 0.4) is 0 Å². The fourth-order valence-electron chi connectivity index (χ4n) is 2.68. The molecule has 1 fully saturated rings. The van der Waals surface area contributed by atoms with Crippen molar-refractivity contribution in [3.8, 4) is 0 Å². The van der Waals surface area contributed by atoms with E-state index in [1.807, 2.05) is 0 Å². The van der Waals surface area contributed by atoms with Crippen LogP contribution in [0.25, 0.3) is 0 Å². The zero-order valence-corrected chi connectivity index (χ0v) is 11.6. The molecule has 0 amide bonds. The summed E-state index contributed by atoms with van der Waals surface area (Å²) in [5.41, 5.74) is -0.429. The summed E-state index contributed by atoms with van der Waals surface area (Å²) in [6, 6.07) is 6.50. The highest BCUT2D eigenvalue weighted by Crippen LogP contribution is 2.53. The molecule has 1 aliphatic carbocycles. The zero-order chi connectivity index (χ0) is 15.7. The summed E-state index contributed by atoms with van der Waals surface area (Å²) in [5, 5.41) is 9.31. The SMILES string of the molecule is COC(=O)CCc1cccc(C2(C(=O)O)CC(F)(F)C2)c1. The minimum Gasteiger partial charge on any atom is -0.481 e. The number of aliphatic carboxylic acids is 1. The van der Waals surface area contributed by atoms with Gasteiger partial charge in [0.1, 0.15) is 5.41 Å². The molecule has 1 N–H and O–H groups in total. The monoisotopic (exact) mass is 298 g/mol. The van der Waals surface area contributed by atoms with Crippen LogP contribution in [-0.4, -0.2) is 30.1 Å². The number of carbonyl (C=O) groups is 2. The minimum atomic E-state index is -2.93. The second-order valence-electron chi connectivity index (χ2n) is 5.37. The Morgan fingerprint density at radius 3 is 2.52 bits per heavy atom. The number of halogens is 2. The number of hydrogen-bond donors (Lipinski definition) is 1. The number of benzene rings is 1. The summed E-state index contributed by atoms with van der Waals surface area (Å²) in [6.45, 7) is 0. The number of methoxy groups -OCH3 is 1. The number of ether oxygens (including phenoxy) is 1. The molecule has 0 unspecified atom stereocenters. The molecule has 4 nitrogen and oxygen atoms in total. The Hall–Kier alpha value is -1.98. The van der Waals surface area contributed by atoms with E-state index < -0.39 is 30.1 Å². The Morgan fingerprint density at radius 1 is 1.33 bits per heavy atom. The number of rotatable bonds is 5.